The van der Waals surface area contributed by atoms with Gasteiger partial charge >= 0.3 is 0 Å². The third-order valence-corrected chi connectivity index (χ3v) is 3.41. The Bertz CT molecular complexity index is 510. The summed E-state index contributed by atoms with van der Waals surface area (Å²) in [6.45, 7) is 2.06. The second-order valence-electron chi connectivity index (χ2n) is 4.09. The molecular formula is C11H16N6S. The molecule has 0 aliphatic rings. The van der Waals surface area contributed by atoms with Gasteiger partial charge in [-0.1, -0.05) is 6.07 Å². The molecule has 0 fully saturated rings. The van der Waals surface area contributed by atoms with E-state index < -0.39 is 0 Å². The summed E-state index contributed by atoms with van der Waals surface area (Å²) >= 11 is 1.69. The largest absolute Gasteiger partial charge is 0.368 e. The lowest BCUT2D eigenvalue weighted by Crippen LogP contribution is -2.17. The van der Waals surface area contributed by atoms with Crippen LogP contribution in [0.2, 0.25) is 0 Å². The molecule has 2 aromatic heterocycles. The van der Waals surface area contributed by atoms with Crippen LogP contribution in [0, 0.1) is 0 Å². The lowest BCUT2D eigenvalue weighted by molar-refractivity contribution is 0.866. The molecule has 96 valence electrons. The average Bonchev–Trinajstić information content (AvgIpc) is 2.81. The zero-order chi connectivity index (χ0) is 13.1. The molecular weight excluding hydrogens is 248 g/mol. The third kappa shape index (κ3) is 2.86. The summed E-state index contributed by atoms with van der Waals surface area (Å²) in [7, 11) is 3.72. The van der Waals surface area contributed by atoms with Crippen molar-refractivity contribution in [2.75, 3.05) is 30.0 Å². The number of hydrogen-bond acceptors (Lipinski definition) is 7. The molecule has 0 saturated carbocycles. The van der Waals surface area contributed by atoms with Crippen LogP contribution in [0.25, 0.3) is 0 Å². The molecule has 0 spiro atoms. The summed E-state index contributed by atoms with van der Waals surface area (Å²) in [5, 5.41) is 5.26. The fourth-order valence-electron chi connectivity index (χ4n) is 1.45. The van der Waals surface area contributed by atoms with Gasteiger partial charge in [0.15, 0.2) is 0 Å². The van der Waals surface area contributed by atoms with Crippen molar-refractivity contribution >= 4 is 29.2 Å². The predicted octanol–water partition coefficient (Wildman–Crippen LogP) is 1.75. The van der Waals surface area contributed by atoms with Crippen molar-refractivity contribution in [3.05, 3.63) is 22.4 Å². The Labute approximate surface area is 110 Å². The molecule has 3 N–H and O–H groups in total. The highest BCUT2D eigenvalue weighted by Crippen LogP contribution is 2.22. The second-order valence-corrected chi connectivity index (χ2v) is 5.07. The van der Waals surface area contributed by atoms with Gasteiger partial charge in [0.25, 0.3) is 0 Å². The van der Waals surface area contributed by atoms with E-state index in [2.05, 4.69) is 33.3 Å². The molecule has 0 radical (unpaired) electrons. The van der Waals surface area contributed by atoms with Crippen LogP contribution < -0.4 is 16.0 Å². The molecule has 0 aromatic carbocycles. The zero-order valence-corrected chi connectivity index (χ0v) is 11.4. The first-order valence-electron chi connectivity index (χ1n) is 5.55. The molecule has 6 nitrogen and oxygen atoms in total. The van der Waals surface area contributed by atoms with Gasteiger partial charge in [-0.2, -0.15) is 15.0 Å². The fourth-order valence-corrected chi connectivity index (χ4v) is 2.18. The molecule has 2 heterocycles. The summed E-state index contributed by atoms with van der Waals surface area (Å²) in [6.07, 6.45) is 0. The van der Waals surface area contributed by atoms with Crippen molar-refractivity contribution in [1.82, 2.24) is 15.0 Å². The number of aromatic nitrogens is 3. The van der Waals surface area contributed by atoms with Crippen LogP contribution in [-0.2, 0) is 0 Å². The molecule has 2 aromatic rings. The topological polar surface area (TPSA) is 80.0 Å². The summed E-state index contributed by atoms with van der Waals surface area (Å²) in [6, 6.07) is 4.23. The summed E-state index contributed by atoms with van der Waals surface area (Å²) in [5.41, 5.74) is 5.67. The van der Waals surface area contributed by atoms with E-state index in [1.165, 1.54) is 4.88 Å². The number of anilines is 3. The number of nitrogens with two attached hydrogens (primary N) is 1. The quantitative estimate of drug-likeness (QED) is 0.876. The summed E-state index contributed by atoms with van der Waals surface area (Å²) in [5.74, 6) is 1.25. The summed E-state index contributed by atoms with van der Waals surface area (Å²) in [4.78, 5) is 15.4. The number of nitrogens with zero attached hydrogens (tertiary/aromatic N) is 4. The molecule has 7 heteroatoms. The van der Waals surface area contributed by atoms with Gasteiger partial charge in [0, 0.05) is 19.0 Å². The molecule has 2 rings (SSSR count). The van der Waals surface area contributed by atoms with Crippen LogP contribution in [0.15, 0.2) is 17.5 Å². The summed E-state index contributed by atoms with van der Waals surface area (Å²) < 4.78 is 0. The lowest BCUT2D eigenvalue weighted by Gasteiger charge is -2.15. The monoisotopic (exact) mass is 264 g/mol. The van der Waals surface area contributed by atoms with E-state index >= 15 is 0 Å². The zero-order valence-electron chi connectivity index (χ0n) is 10.6. The molecule has 18 heavy (non-hydrogen) atoms. The Morgan fingerprint density at radius 1 is 1.33 bits per heavy atom. The molecule has 1 atom stereocenters. The standard InChI is InChI=1S/C11H16N6S/c1-7(8-5-4-6-18-8)13-10-14-9(12)15-11(16-10)17(2)3/h4-7H,1-3H3,(H3,12,13,14,15,16). The van der Waals surface area contributed by atoms with Crippen molar-refractivity contribution in [2.24, 2.45) is 0 Å². The van der Waals surface area contributed by atoms with Gasteiger partial charge in [-0.05, 0) is 18.4 Å². The molecule has 0 aliphatic heterocycles. The number of nitrogens with one attached hydrogen (secondary N) is 1. The van der Waals surface area contributed by atoms with Gasteiger partial charge in [-0.25, -0.2) is 0 Å². The minimum Gasteiger partial charge on any atom is -0.368 e. The van der Waals surface area contributed by atoms with E-state index in [0.29, 0.717) is 11.9 Å². The molecule has 0 bridgehead atoms. The Morgan fingerprint density at radius 2 is 2.11 bits per heavy atom. The van der Waals surface area contributed by atoms with Crippen LogP contribution in [0.3, 0.4) is 0 Å². The number of hydrogen-bond donors (Lipinski definition) is 2. The van der Waals surface area contributed by atoms with Crippen LogP contribution in [0.5, 0.6) is 0 Å². The first-order valence-corrected chi connectivity index (χ1v) is 6.43. The van der Waals surface area contributed by atoms with Crippen LogP contribution in [-0.4, -0.2) is 29.0 Å². The highest BCUT2D eigenvalue weighted by Gasteiger charge is 2.10. The minimum atomic E-state index is 0.141. The van der Waals surface area contributed by atoms with E-state index in [9.17, 15) is 0 Å². The van der Waals surface area contributed by atoms with E-state index in [1.807, 2.05) is 25.5 Å². The minimum absolute atomic E-state index is 0.141. The van der Waals surface area contributed by atoms with Gasteiger partial charge in [-0.3, -0.25) is 0 Å². The van der Waals surface area contributed by atoms with Gasteiger partial charge in [-0.15, -0.1) is 11.3 Å². The predicted molar refractivity (Wildman–Crippen MR) is 74.9 cm³/mol. The Hall–Kier alpha value is -1.89. The van der Waals surface area contributed by atoms with Crippen molar-refractivity contribution in [2.45, 2.75) is 13.0 Å². The molecule has 0 amide bonds. The normalized spacial score (nSPS) is 12.2. The van der Waals surface area contributed by atoms with Gasteiger partial charge in [0.05, 0.1) is 6.04 Å². The van der Waals surface area contributed by atoms with Crippen LogP contribution in [0.1, 0.15) is 17.8 Å². The van der Waals surface area contributed by atoms with Crippen molar-refractivity contribution in [3.8, 4) is 0 Å². The maximum Gasteiger partial charge on any atom is 0.231 e. The van der Waals surface area contributed by atoms with Gasteiger partial charge in [0.2, 0.25) is 17.8 Å². The maximum atomic E-state index is 5.67. The smallest absolute Gasteiger partial charge is 0.231 e. The van der Waals surface area contributed by atoms with Crippen LogP contribution in [0.4, 0.5) is 17.8 Å². The first kappa shape index (κ1) is 12.6. The van der Waals surface area contributed by atoms with Gasteiger partial charge in [0.1, 0.15) is 0 Å². The fraction of sp³-hybridized carbons (Fsp3) is 0.364. The number of thiophene rings is 1. The Kier molecular flexibility index (Phi) is 3.61. The molecule has 1 unspecified atom stereocenters. The van der Waals surface area contributed by atoms with Gasteiger partial charge < -0.3 is 16.0 Å². The van der Waals surface area contributed by atoms with E-state index in [0.717, 1.165) is 0 Å². The second kappa shape index (κ2) is 5.18. The SMILES string of the molecule is CC(Nc1nc(N)nc(N(C)C)n1)c1cccs1. The van der Waals surface area contributed by atoms with Crippen molar-refractivity contribution in [3.63, 3.8) is 0 Å². The highest BCUT2D eigenvalue weighted by atomic mass is 32.1. The number of rotatable bonds is 4. The lowest BCUT2D eigenvalue weighted by atomic mass is 10.3. The van der Waals surface area contributed by atoms with E-state index in [4.69, 9.17) is 5.73 Å². The van der Waals surface area contributed by atoms with Crippen LogP contribution >= 0.6 is 11.3 Å². The Morgan fingerprint density at radius 3 is 2.72 bits per heavy atom. The Balaban J connectivity index is 2.18. The average molecular weight is 264 g/mol. The molecule has 0 aliphatic carbocycles. The van der Waals surface area contributed by atoms with Crippen molar-refractivity contribution in [1.29, 1.82) is 0 Å². The highest BCUT2D eigenvalue weighted by molar-refractivity contribution is 7.10. The maximum absolute atomic E-state index is 5.67. The third-order valence-electron chi connectivity index (χ3n) is 2.36. The van der Waals surface area contributed by atoms with Crippen molar-refractivity contribution < 1.29 is 0 Å². The first-order chi connectivity index (χ1) is 8.56. The van der Waals surface area contributed by atoms with E-state index in [1.54, 1.807) is 16.2 Å². The van der Waals surface area contributed by atoms with E-state index in [-0.39, 0.29) is 12.0 Å². The molecule has 0 saturated heterocycles. The number of nitrogen functional groups attached to an aromatic ring is 1.